The Balaban J connectivity index is 1.68. The molecule has 2 aromatic rings. The van der Waals surface area contributed by atoms with E-state index >= 15 is 0 Å². The van der Waals surface area contributed by atoms with Gasteiger partial charge in [0.1, 0.15) is 17.1 Å². The van der Waals surface area contributed by atoms with E-state index in [9.17, 15) is 5.11 Å². The first-order chi connectivity index (χ1) is 10.0. The predicted octanol–water partition coefficient (Wildman–Crippen LogP) is 3.96. The molecular weight excluding hydrogens is 284 g/mol. The van der Waals surface area contributed by atoms with Gasteiger partial charge in [0.25, 0.3) is 0 Å². The molecule has 1 unspecified atom stereocenters. The predicted molar refractivity (Wildman–Crippen MR) is 84.2 cm³/mol. The smallest absolute Gasteiger partial charge is 0.129 e. The molecule has 1 N–H and O–H groups in total. The lowest BCUT2D eigenvalue weighted by atomic mass is 9.92. The highest BCUT2D eigenvalue weighted by Gasteiger charge is 2.32. The topological polar surface area (TPSA) is 38.7 Å². The first kappa shape index (κ1) is 14.4. The Labute approximate surface area is 129 Å². The van der Waals surface area contributed by atoms with Gasteiger partial charge in [-0.05, 0) is 48.4 Å². The Morgan fingerprint density at radius 2 is 2.24 bits per heavy atom. The summed E-state index contributed by atoms with van der Waals surface area (Å²) < 4.78 is 11.7. The number of ether oxygens (including phenoxy) is 2. The maximum Gasteiger partial charge on any atom is 0.129 e. The highest BCUT2D eigenvalue weighted by atomic mass is 32.1. The van der Waals surface area contributed by atoms with Crippen molar-refractivity contribution in [2.24, 2.45) is 0 Å². The SMILES string of the molecule is CC1(C)CC(O)c2ccc(OCCc3ccsc3)cc2O1. The number of hydrogen-bond acceptors (Lipinski definition) is 4. The molecule has 0 spiro atoms. The average Bonchev–Trinajstić information content (AvgIpc) is 2.90. The zero-order valence-electron chi connectivity index (χ0n) is 12.3. The largest absolute Gasteiger partial charge is 0.493 e. The molecule has 112 valence electrons. The molecule has 1 aromatic carbocycles. The van der Waals surface area contributed by atoms with E-state index < -0.39 is 6.10 Å². The molecule has 3 nitrogen and oxygen atoms in total. The van der Waals surface area contributed by atoms with E-state index in [1.165, 1.54) is 5.56 Å². The quantitative estimate of drug-likeness (QED) is 0.929. The van der Waals surface area contributed by atoms with Crippen LogP contribution in [0.4, 0.5) is 0 Å². The molecule has 0 aliphatic carbocycles. The third-order valence-electron chi connectivity index (χ3n) is 3.65. The van der Waals surface area contributed by atoms with Crippen LogP contribution >= 0.6 is 11.3 Å². The maximum atomic E-state index is 10.2. The van der Waals surface area contributed by atoms with Crippen molar-refractivity contribution in [1.29, 1.82) is 0 Å². The van der Waals surface area contributed by atoms with Crippen LogP contribution in [-0.4, -0.2) is 17.3 Å². The van der Waals surface area contributed by atoms with Gasteiger partial charge in [-0.3, -0.25) is 0 Å². The van der Waals surface area contributed by atoms with Gasteiger partial charge >= 0.3 is 0 Å². The molecule has 0 radical (unpaired) electrons. The number of benzene rings is 1. The molecule has 1 atom stereocenters. The van der Waals surface area contributed by atoms with Gasteiger partial charge in [-0.15, -0.1) is 0 Å². The van der Waals surface area contributed by atoms with Crippen LogP contribution in [0.1, 0.15) is 37.5 Å². The standard InChI is InChI=1S/C17H20O3S/c1-17(2)10-15(18)14-4-3-13(9-16(14)20-17)19-7-5-12-6-8-21-11-12/h3-4,6,8-9,11,15,18H,5,7,10H2,1-2H3. The van der Waals surface area contributed by atoms with Crippen LogP contribution in [-0.2, 0) is 6.42 Å². The lowest BCUT2D eigenvalue weighted by Crippen LogP contribution is -2.34. The Kier molecular flexibility index (Phi) is 3.91. The van der Waals surface area contributed by atoms with E-state index in [4.69, 9.17) is 9.47 Å². The second-order valence-electron chi connectivity index (χ2n) is 6.01. The molecule has 1 aromatic heterocycles. The molecule has 1 aliphatic rings. The number of aliphatic hydroxyl groups is 1. The summed E-state index contributed by atoms with van der Waals surface area (Å²) in [6.07, 6.45) is 1.04. The Bertz CT molecular complexity index is 605. The van der Waals surface area contributed by atoms with Crippen LogP contribution in [0.15, 0.2) is 35.0 Å². The van der Waals surface area contributed by atoms with Crippen molar-refractivity contribution in [2.45, 2.75) is 38.4 Å². The van der Waals surface area contributed by atoms with E-state index in [-0.39, 0.29) is 5.60 Å². The first-order valence-corrected chi connectivity index (χ1v) is 8.13. The normalized spacial score (nSPS) is 19.7. The molecule has 0 fully saturated rings. The van der Waals surface area contributed by atoms with Gasteiger partial charge in [0.2, 0.25) is 0 Å². The minimum atomic E-state index is -0.469. The van der Waals surface area contributed by atoms with Gasteiger partial charge < -0.3 is 14.6 Å². The van der Waals surface area contributed by atoms with Crippen LogP contribution in [0.5, 0.6) is 11.5 Å². The lowest BCUT2D eigenvalue weighted by Gasteiger charge is -2.35. The zero-order chi connectivity index (χ0) is 14.9. The Morgan fingerprint density at radius 3 is 3.00 bits per heavy atom. The third kappa shape index (κ3) is 3.39. The molecule has 0 saturated carbocycles. The van der Waals surface area contributed by atoms with Gasteiger partial charge in [0.15, 0.2) is 0 Å². The van der Waals surface area contributed by atoms with Crippen molar-refractivity contribution >= 4 is 11.3 Å². The average molecular weight is 304 g/mol. The second-order valence-corrected chi connectivity index (χ2v) is 6.79. The highest BCUT2D eigenvalue weighted by Crippen LogP contribution is 2.41. The molecular formula is C17H20O3S. The van der Waals surface area contributed by atoms with Crippen molar-refractivity contribution in [3.63, 3.8) is 0 Å². The van der Waals surface area contributed by atoms with Crippen LogP contribution in [0.3, 0.4) is 0 Å². The summed E-state index contributed by atoms with van der Waals surface area (Å²) in [6.45, 7) is 4.62. The Morgan fingerprint density at radius 1 is 1.38 bits per heavy atom. The molecule has 0 saturated heterocycles. The minimum Gasteiger partial charge on any atom is -0.493 e. The molecule has 0 bridgehead atoms. The van der Waals surface area contributed by atoms with Crippen molar-refractivity contribution in [3.05, 3.63) is 46.2 Å². The van der Waals surface area contributed by atoms with Gasteiger partial charge in [0, 0.05) is 24.5 Å². The van der Waals surface area contributed by atoms with Crippen molar-refractivity contribution < 1.29 is 14.6 Å². The zero-order valence-corrected chi connectivity index (χ0v) is 13.2. The fourth-order valence-electron chi connectivity index (χ4n) is 2.60. The summed E-state index contributed by atoms with van der Waals surface area (Å²) in [7, 11) is 0. The van der Waals surface area contributed by atoms with Gasteiger partial charge in [-0.1, -0.05) is 0 Å². The van der Waals surface area contributed by atoms with E-state index in [1.807, 2.05) is 32.0 Å². The number of aliphatic hydroxyl groups excluding tert-OH is 1. The number of rotatable bonds is 4. The minimum absolute atomic E-state index is 0.346. The molecule has 2 heterocycles. The lowest BCUT2D eigenvalue weighted by molar-refractivity contribution is 0.0113. The summed E-state index contributed by atoms with van der Waals surface area (Å²) in [4.78, 5) is 0. The monoisotopic (exact) mass is 304 g/mol. The van der Waals surface area contributed by atoms with E-state index in [2.05, 4.69) is 16.8 Å². The molecule has 0 amide bonds. The van der Waals surface area contributed by atoms with Crippen LogP contribution in [0, 0.1) is 0 Å². The summed E-state index contributed by atoms with van der Waals surface area (Å²) in [5.74, 6) is 1.51. The molecule has 3 rings (SSSR count). The summed E-state index contributed by atoms with van der Waals surface area (Å²) >= 11 is 1.70. The number of thiophene rings is 1. The fourth-order valence-corrected chi connectivity index (χ4v) is 3.31. The summed E-state index contributed by atoms with van der Waals surface area (Å²) in [5, 5.41) is 14.4. The van der Waals surface area contributed by atoms with E-state index in [1.54, 1.807) is 11.3 Å². The summed E-state index contributed by atoms with van der Waals surface area (Å²) in [6, 6.07) is 7.79. The number of fused-ring (bicyclic) bond motifs is 1. The molecule has 21 heavy (non-hydrogen) atoms. The first-order valence-electron chi connectivity index (χ1n) is 7.18. The van der Waals surface area contributed by atoms with Gasteiger partial charge in [0.05, 0.1) is 12.7 Å². The van der Waals surface area contributed by atoms with Crippen molar-refractivity contribution in [2.75, 3.05) is 6.61 Å². The van der Waals surface area contributed by atoms with Crippen LogP contribution < -0.4 is 9.47 Å². The second kappa shape index (κ2) is 5.70. The summed E-state index contributed by atoms with van der Waals surface area (Å²) in [5.41, 5.74) is 1.80. The highest BCUT2D eigenvalue weighted by molar-refractivity contribution is 7.07. The Hall–Kier alpha value is -1.52. The molecule has 4 heteroatoms. The maximum absolute atomic E-state index is 10.2. The van der Waals surface area contributed by atoms with E-state index in [0.29, 0.717) is 13.0 Å². The van der Waals surface area contributed by atoms with Crippen molar-refractivity contribution in [3.8, 4) is 11.5 Å². The molecule has 1 aliphatic heterocycles. The van der Waals surface area contributed by atoms with Crippen LogP contribution in [0.2, 0.25) is 0 Å². The van der Waals surface area contributed by atoms with E-state index in [0.717, 1.165) is 23.5 Å². The number of hydrogen-bond donors (Lipinski definition) is 1. The fraction of sp³-hybridized carbons (Fsp3) is 0.412. The van der Waals surface area contributed by atoms with Gasteiger partial charge in [-0.25, -0.2) is 0 Å². The van der Waals surface area contributed by atoms with Gasteiger partial charge in [-0.2, -0.15) is 11.3 Å². The van der Waals surface area contributed by atoms with Crippen molar-refractivity contribution in [1.82, 2.24) is 0 Å². The van der Waals surface area contributed by atoms with Crippen LogP contribution in [0.25, 0.3) is 0 Å². The third-order valence-corrected chi connectivity index (χ3v) is 4.39.